The lowest BCUT2D eigenvalue weighted by atomic mass is 10.1. The number of primary amides is 1. The van der Waals surface area contributed by atoms with Gasteiger partial charge in [0, 0.05) is 6.42 Å². The molecule has 0 bridgehead atoms. The summed E-state index contributed by atoms with van der Waals surface area (Å²) < 4.78 is 11.5. The van der Waals surface area contributed by atoms with Crippen molar-refractivity contribution < 1.29 is 40.7 Å². The number of unbranched alkanes of at least 4 members (excludes halogenated alkanes) is 1. The largest absolute Gasteiger partial charge is 0.428 e. The SMILES string of the molecule is NC(=O)c1ncn([C@@H]2O[C@H](OC(=O)[C@@H]([NH3+])CCCC[NH3+])C(O)[C@H]2O)n1. The van der Waals surface area contributed by atoms with E-state index in [2.05, 4.69) is 21.5 Å². The van der Waals surface area contributed by atoms with Gasteiger partial charge in [0.05, 0.1) is 6.54 Å². The highest BCUT2D eigenvalue weighted by Gasteiger charge is 2.47. The Hall–Kier alpha value is -2.12. The molecular formula is C13H24N6O6+2. The van der Waals surface area contributed by atoms with E-state index in [1.165, 1.54) is 0 Å². The molecule has 1 aromatic heterocycles. The molecule has 1 aliphatic rings. The average Bonchev–Trinajstić information content (AvgIpc) is 3.16. The maximum absolute atomic E-state index is 12.0. The highest BCUT2D eigenvalue weighted by atomic mass is 16.7. The van der Waals surface area contributed by atoms with Gasteiger partial charge in [0.15, 0.2) is 12.3 Å². The van der Waals surface area contributed by atoms with E-state index in [0.717, 1.165) is 30.4 Å². The number of aromatic nitrogens is 3. The smallest absolute Gasteiger partial charge is 0.367 e. The molecule has 2 rings (SSSR count). The molecule has 0 aromatic carbocycles. The third-order valence-corrected chi connectivity index (χ3v) is 3.80. The third kappa shape index (κ3) is 4.49. The minimum atomic E-state index is -1.48. The Morgan fingerprint density at radius 3 is 2.72 bits per heavy atom. The Morgan fingerprint density at radius 1 is 1.40 bits per heavy atom. The molecule has 12 heteroatoms. The van der Waals surface area contributed by atoms with E-state index in [0.29, 0.717) is 6.42 Å². The lowest BCUT2D eigenvalue weighted by molar-refractivity contribution is -0.413. The van der Waals surface area contributed by atoms with Crippen LogP contribution in [-0.2, 0) is 14.3 Å². The minimum Gasteiger partial charge on any atom is -0.428 e. The number of rotatable bonds is 8. The first-order valence-electron chi connectivity index (χ1n) is 7.90. The standard InChI is InChI=1S/C13H22N6O6/c14-4-2-1-3-6(15)12(23)25-13-8(21)7(20)11(24-13)19-5-17-10(18-19)9(16)22/h5-8,11,13,20-21H,1-4,14-15H2,(H2,16,22)/p+2/t6-,7+,8?,11+,13+/m0/s1. The van der Waals surface area contributed by atoms with Crippen LogP contribution in [0.15, 0.2) is 6.33 Å². The predicted molar refractivity (Wildman–Crippen MR) is 78.8 cm³/mol. The van der Waals surface area contributed by atoms with Gasteiger partial charge < -0.3 is 36.9 Å². The van der Waals surface area contributed by atoms with Crippen molar-refractivity contribution >= 4 is 11.9 Å². The van der Waals surface area contributed by atoms with Crippen molar-refractivity contribution in [3.8, 4) is 0 Å². The second-order valence-corrected chi connectivity index (χ2v) is 5.77. The highest BCUT2D eigenvalue weighted by molar-refractivity contribution is 5.88. The van der Waals surface area contributed by atoms with Gasteiger partial charge in [-0.05, 0) is 12.8 Å². The molecule has 12 nitrogen and oxygen atoms in total. The summed E-state index contributed by atoms with van der Waals surface area (Å²) in [4.78, 5) is 26.7. The lowest BCUT2D eigenvalue weighted by Crippen LogP contribution is -2.65. The van der Waals surface area contributed by atoms with Gasteiger partial charge >= 0.3 is 5.97 Å². The van der Waals surface area contributed by atoms with Gasteiger partial charge in [-0.1, -0.05) is 0 Å². The first kappa shape index (κ1) is 19.2. The van der Waals surface area contributed by atoms with Crippen molar-refractivity contribution in [1.82, 2.24) is 14.8 Å². The maximum Gasteiger partial charge on any atom is 0.367 e. The molecule has 0 radical (unpaired) electrons. The van der Waals surface area contributed by atoms with Crippen molar-refractivity contribution in [1.29, 1.82) is 0 Å². The number of carbonyl (C=O) groups excluding carboxylic acids is 2. The van der Waals surface area contributed by atoms with Crippen molar-refractivity contribution in [3.63, 3.8) is 0 Å². The molecule has 5 atom stereocenters. The van der Waals surface area contributed by atoms with Crippen molar-refractivity contribution in [2.24, 2.45) is 5.73 Å². The van der Waals surface area contributed by atoms with Crippen LogP contribution in [0, 0.1) is 0 Å². The third-order valence-electron chi connectivity index (χ3n) is 3.80. The zero-order valence-electron chi connectivity index (χ0n) is 13.7. The Bertz CT molecular complexity index is 610. The van der Waals surface area contributed by atoms with E-state index in [1.54, 1.807) is 0 Å². The number of amides is 1. The molecule has 1 unspecified atom stereocenters. The molecule has 0 spiro atoms. The molecule has 1 amide bonds. The Labute approximate surface area is 142 Å². The molecule has 140 valence electrons. The van der Waals surface area contributed by atoms with E-state index in [9.17, 15) is 19.8 Å². The maximum atomic E-state index is 12.0. The average molecular weight is 360 g/mol. The van der Waals surface area contributed by atoms with Gasteiger partial charge in [0.25, 0.3) is 5.91 Å². The molecule has 1 aliphatic heterocycles. The fourth-order valence-electron chi connectivity index (χ4n) is 2.35. The van der Waals surface area contributed by atoms with Crippen molar-refractivity contribution in [2.45, 2.75) is 50.0 Å². The van der Waals surface area contributed by atoms with Crippen LogP contribution in [0.2, 0.25) is 0 Å². The summed E-state index contributed by atoms with van der Waals surface area (Å²) in [6.45, 7) is 0.769. The summed E-state index contributed by atoms with van der Waals surface area (Å²) in [6, 6.07) is -0.619. The number of aliphatic hydroxyl groups is 2. The molecule has 0 saturated carbocycles. The minimum absolute atomic E-state index is 0.269. The number of quaternary nitrogens is 2. The van der Waals surface area contributed by atoms with Gasteiger partial charge in [0.1, 0.15) is 18.5 Å². The van der Waals surface area contributed by atoms with Crippen LogP contribution in [0.25, 0.3) is 0 Å². The molecule has 1 fully saturated rings. The normalized spacial score (nSPS) is 27.2. The lowest BCUT2D eigenvalue weighted by Gasteiger charge is -2.16. The first-order valence-corrected chi connectivity index (χ1v) is 7.90. The van der Waals surface area contributed by atoms with Gasteiger partial charge in [0.2, 0.25) is 12.1 Å². The van der Waals surface area contributed by atoms with Crippen LogP contribution in [0.5, 0.6) is 0 Å². The number of esters is 1. The van der Waals surface area contributed by atoms with Crippen LogP contribution >= 0.6 is 0 Å². The molecule has 10 N–H and O–H groups in total. The number of aliphatic hydroxyl groups excluding tert-OH is 2. The van der Waals surface area contributed by atoms with Crippen molar-refractivity contribution in [2.75, 3.05) is 6.54 Å². The summed E-state index contributed by atoms with van der Waals surface area (Å²) in [5, 5.41) is 23.8. The number of ether oxygens (including phenoxy) is 2. The fourth-order valence-corrected chi connectivity index (χ4v) is 2.35. The Morgan fingerprint density at radius 2 is 2.12 bits per heavy atom. The first-order chi connectivity index (χ1) is 11.8. The predicted octanol–water partition coefficient (Wildman–Crippen LogP) is -4.48. The number of nitrogens with two attached hydrogens (primary N) is 1. The van der Waals surface area contributed by atoms with E-state index in [1.807, 2.05) is 0 Å². The zero-order chi connectivity index (χ0) is 18.6. The zero-order valence-corrected chi connectivity index (χ0v) is 13.7. The summed E-state index contributed by atoms with van der Waals surface area (Å²) >= 11 is 0. The second-order valence-electron chi connectivity index (χ2n) is 5.77. The van der Waals surface area contributed by atoms with E-state index in [-0.39, 0.29) is 5.82 Å². The van der Waals surface area contributed by atoms with E-state index < -0.39 is 42.6 Å². The van der Waals surface area contributed by atoms with Crippen LogP contribution in [0.4, 0.5) is 0 Å². The van der Waals surface area contributed by atoms with Gasteiger partial charge in [-0.15, -0.1) is 5.10 Å². The van der Waals surface area contributed by atoms with Gasteiger partial charge in [-0.3, -0.25) is 4.79 Å². The molecular weight excluding hydrogens is 336 g/mol. The van der Waals surface area contributed by atoms with Gasteiger partial charge in [-0.2, -0.15) is 0 Å². The number of nitrogens with zero attached hydrogens (tertiary/aromatic N) is 3. The molecule has 25 heavy (non-hydrogen) atoms. The number of hydrogen-bond acceptors (Lipinski definition) is 8. The van der Waals surface area contributed by atoms with Crippen LogP contribution < -0.4 is 17.2 Å². The molecule has 1 aromatic rings. The highest BCUT2D eigenvalue weighted by Crippen LogP contribution is 2.29. The monoisotopic (exact) mass is 360 g/mol. The number of carbonyl (C=O) groups is 2. The summed E-state index contributed by atoms with van der Waals surface area (Å²) in [5.41, 5.74) is 12.5. The number of hydrogen-bond donors (Lipinski definition) is 5. The summed E-state index contributed by atoms with van der Waals surface area (Å²) in [6.07, 6.45) is -2.19. The molecule has 1 saturated heterocycles. The van der Waals surface area contributed by atoms with E-state index >= 15 is 0 Å². The summed E-state index contributed by atoms with van der Waals surface area (Å²) in [7, 11) is 0. The van der Waals surface area contributed by atoms with Crippen LogP contribution in [-0.4, -0.2) is 67.9 Å². The second kappa shape index (κ2) is 8.31. The Balaban J connectivity index is 1.96. The van der Waals surface area contributed by atoms with Crippen LogP contribution in [0.3, 0.4) is 0 Å². The summed E-state index contributed by atoms with van der Waals surface area (Å²) in [5.74, 6) is -1.76. The topological polar surface area (TPSA) is 205 Å². The van der Waals surface area contributed by atoms with Gasteiger partial charge in [-0.25, -0.2) is 14.5 Å². The Kier molecular flexibility index (Phi) is 6.39. The quantitative estimate of drug-likeness (QED) is 0.225. The fraction of sp³-hybridized carbons (Fsp3) is 0.692. The van der Waals surface area contributed by atoms with E-state index in [4.69, 9.17) is 15.2 Å². The van der Waals surface area contributed by atoms with Crippen LogP contribution in [0.1, 0.15) is 36.1 Å². The molecule has 2 heterocycles. The van der Waals surface area contributed by atoms with Crippen molar-refractivity contribution in [3.05, 3.63) is 12.2 Å². The molecule has 0 aliphatic carbocycles.